The summed E-state index contributed by atoms with van der Waals surface area (Å²) < 4.78 is 0. The van der Waals surface area contributed by atoms with Crippen LogP contribution in [0.5, 0.6) is 0 Å². The molecular weight excluding hydrogens is 298 g/mol. The summed E-state index contributed by atoms with van der Waals surface area (Å²) in [5.41, 5.74) is 4.85. The van der Waals surface area contributed by atoms with Crippen LogP contribution in [0.4, 0.5) is 11.4 Å². The van der Waals surface area contributed by atoms with Gasteiger partial charge in [0.2, 0.25) is 5.91 Å². The molecule has 0 spiro atoms. The molecule has 2 N–H and O–H groups in total. The van der Waals surface area contributed by atoms with Crippen LogP contribution in [0, 0.1) is 5.92 Å². The van der Waals surface area contributed by atoms with E-state index in [-0.39, 0.29) is 11.8 Å². The molecule has 1 fully saturated rings. The first-order valence-corrected chi connectivity index (χ1v) is 8.73. The molecule has 1 saturated heterocycles. The average molecular weight is 321 g/mol. The van der Waals surface area contributed by atoms with E-state index in [1.54, 1.807) is 0 Å². The lowest BCUT2D eigenvalue weighted by atomic mass is 10.1. The molecule has 1 atom stereocenters. The van der Waals surface area contributed by atoms with Crippen LogP contribution in [0.2, 0.25) is 0 Å². The number of hydrogen-bond donors (Lipinski definition) is 2. The number of rotatable bonds is 4. The smallest absolute Gasteiger partial charge is 0.228 e. The highest BCUT2D eigenvalue weighted by Gasteiger charge is 2.24. The molecule has 4 rings (SSSR count). The van der Waals surface area contributed by atoms with Gasteiger partial charge >= 0.3 is 0 Å². The number of benzene rings is 2. The molecule has 124 valence electrons. The van der Waals surface area contributed by atoms with Crippen molar-refractivity contribution in [3.63, 3.8) is 0 Å². The van der Waals surface area contributed by atoms with Crippen LogP contribution < -0.4 is 15.5 Å². The number of para-hydroxylation sites is 2. The van der Waals surface area contributed by atoms with Crippen molar-refractivity contribution in [2.75, 3.05) is 29.9 Å². The zero-order valence-corrected chi connectivity index (χ0v) is 13.8. The van der Waals surface area contributed by atoms with Crippen molar-refractivity contribution in [3.8, 4) is 0 Å². The summed E-state index contributed by atoms with van der Waals surface area (Å²) in [4.78, 5) is 14.8. The van der Waals surface area contributed by atoms with E-state index >= 15 is 0 Å². The van der Waals surface area contributed by atoms with Gasteiger partial charge in [-0.05, 0) is 42.6 Å². The van der Waals surface area contributed by atoms with Crippen molar-refractivity contribution in [3.05, 3.63) is 59.7 Å². The first kappa shape index (κ1) is 15.2. The van der Waals surface area contributed by atoms with E-state index in [1.165, 1.54) is 16.8 Å². The molecule has 0 aromatic heterocycles. The van der Waals surface area contributed by atoms with E-state index < -0.39 is 0 Å². The predicted molar refractivity (Wildman–Crippen MR) is 97.2 cm³/mol. The quantitative estimate of drug-likeness (QED) is 0.910. The van der Waals surface area contributed by atoms with Gasteiger partial charge < -0.3 is 15.5 Å². The number of nitrogens with one attached hydrogen (secondary N) is 2. The summed E-state index contributed by atoms with van der Waals surface area (Å²) in [6.07, 6.45) is 2.02. The van der Waals surface area contributed by atoms with Crippen LogP contribution >= 0.6 is 0 Å². The lowest BCUT2D eigenvalue weighted by molar-refractivity contribution is -0.119. The molecule has 1 unspecified atom stereocenters. The third-order valence-corrected chi connectivity index (χ3v) is 5.05. The Balaban J connectivity index is 1.51. The van der Waals surface area contributed by atoms with Gasteiger partial charge in [-0.1, -0.05) is 36.4 Å². The summed E-state index contributed by atoms with van der Waals surface area (Å²) >= 11 is 0. The minimum absolute atomic E-state index is 0.0885. The molecule has 2 aliphatic heterocycles. The topological polar surface area (TPSA) is 44.4 Å². The first-order chi connectivity index (χ1) is 11.8. The van der Waals surface area contributed by atoms with Gasteiger partial charge in [0.15, 0.2) is 0 Å². The largest absolute Gasteiger partial charge is 0.367 e. The molecule has 4 heteroatoms. The van der Waals surface area contributed by atoms with Gasteiger partial charge in [0.1, 0.15) is 0 Å². The zero-order valence-electron chi connectivity index (χ0n) is 13.8. The van der Waals surface area contributed by atoms with Gasteiger partial charge in [0, 0.05) is 31.0 Å². The molecule has 2 aromatic carbocycles. The number of hydrogen-bond acceptors (Lipinski definition) is 3. The number of amides is 1. The summed E-state index contributed by atoms with van der Waals surface area (Å²) in [5, 5.41) is 6.40. The molecule has 1 amide bonds. The van der Waals surface area contributed by atoms with Gasteiger partial charge in [-0.25, -0.2) is 0 Å². The molecule has 0 radical (unpaired) electrons. The Morgan fingerprint density at radius 2 is 2.00 bits per heavy atom. The van der Waals surface area contributed by atoms with Crippen molar-refractivity contribution < 1.29 is 4.79 Å². The molecule has 2 aliphatic rings. The Hall–Kier alpha value is -2.33. The maximum atomic E-state index is 12.4. The van der Waals surface area contributed by atoms with Gasteiger partial charge in [-0.15, -0.1) is 0 Å². The minimum atomic E-state index is 0.0885. The highest BCUT2D eigenvalue weighted by molar-refractivity contribution is 5.93. The average Bonchev–Trinajstić information content (AvgIpc) is 3.27. The lowest BCUT2D eigenvalue weighted by Gasteiger charge is -2.22. The minimum Gasteiger partial charge on any atom is -0.367 e. The van der Waals surface area contributed by atoms with Crippen molar-refractivity contribution in [2.24, 2.45) is 5.92 Å². The Morgan fingerprint density at radius 3 is 2.88 bits per heavy atom. The molecule has 0 saturated carbocycles. The van der Waals surface area contributed by atoms with E-state index in [4.69, 9.17) is 0 Å². The van der Waals surface area contributed by atoms with E-state index in [0.29, 0.717) is 0 Å². The third kappa shape index (κ3) is 3.02. The molecule has 0 bridgehead atoms. The third-order valence-electron chi connectivity index (χ3n) is 5.05. The van der Waals surface area contributed by atoms with Crippen LogP contribution in [0.1, 0.15) is 17.5 Å². The van der Waals surface area contributed by atoms with Crippen LogP contribution in [0.3, 0.4) is 0 Å². The molecule has 0 aliphatic carbocycles. The second kappa shape index (κ2) is 6.65. The van der Waals surface area contributed by atoms with Crippen molar-refractivity contribution in [2.45, 2.75) is 19.4 Å². The molecular formula is C20H23N3O. The maximum absolute atomic E-state index is 12.4. The van der Waals surface area contributed by atoms with Crippen molar-refractivity contribution in [1.82, 2.24) is 5.32 Å². The second-order valence-corrected chi connectivity index (χ2v) is 6.64. The number of carbonyl (C=O) groups is 1. The summed E-state index contributed by atoms with van der Waals surface area (Å²) in [7, 11) is 0. The fourth-order valence-electron chi connectivity index (χ4n) is 3.67. The number of fused-ring (bicyclic) bond motifs is 1. The normalized spacial score (nSPS) is 19.3. The van der Waals surface area contributed by atoms with Crippen molar-refractivity contribution >= 4 is 17.3 Å². The van der Waals surface area contributed by atoms with Gasteiger partial charge in [0.25, 0.3) is 0 Å². The van der Waals surface area contributed by atoms with E-state index in [1.807, 2.05) is 18.2 Å². The van der Waals surface area contributed by atoms with Crippen molar-refractivity contribution in [1.29, 1.82) is 0 Å². The molecule has 24 heavy (non-hydrogen) atoms. The SMILES string of the molecule is O=C(Nc1ccccc1CN1CCc2ccccc21)C1CCNC1. The fourth-order valence-corrected chi connectivity index (χ4v) is 3.67. The van der Waals surface area contributed by atoms with E-state index in [0.717, 1.165) is 44.7 Å². The number of nitrogens with zero attached hydrogens (tertiary/aromatic N) is 1. The highest BCUT2D eigenvalue weighted by atomic mass is 16.1. The van der Waals surface area contributed by atoms with Gasteiger partial charge in [-0.3, -0.25) is 4.79 Å². The fraction of sp³-hybridized carbons (Fsp3) is 0.350. The Kier molecular flexibility index (Phi) is 4.22. The van der Waals surface area contributed by atoms with E-state index in [9.17, 15) is 4.79 Å². The van der Waals surface area contributed by atoms with Gasteiger partial charge in [-0.2, -0.15) is 0 Å². The molecule has 2 aromatic rings. The summed E-state index contributed by atoms with van der Waals surface area (Å²) in [5.74, 6) is 0.222. The van der Waals surface area contributed by atoms with Crippen LogP contribution in [0.15, 0.2) is 48.5 Å². The number of carbonyl (C=O) groups excluding carboxylic acids is 1. The second-order valence-electron chi connectivity index (χ2n) is 6.64. The van der Waals surface area contributed by atoms with Crippen LogP contribution in [-0.2, 0) is 17.8 Å². The zero-order chi connectivity index (χ0) is 16.4. The Labute approximate surface area is 142 Å². The van der Waals surface area contributed by atoms with Crippen LogP contribution in [0.25, 0.3) is 0 Å². The van der Waals surface area contributed by atoms with Crippen LogP contribution in [-0.4, -0.2) is 25.5 Å². The maximum Gasteiger partial charge on any atom is 0.228 e. The Bertz CT molecular complexity index is 737. The standard InChI is InChI=1S/C20H23N3O/c24-20(16-9-11-21-13-16)22-18-7-3-1-6-17(18)14-23-12-10-15-5-2-4-8-19(15)23/h1-8,16,21H,9-14H2,(H,22,24). The van der Waals surface area contributed by atoms with E-state index in [2.05, 4.69) is 45.9 Å². The highest BCUT2D eigenvalue weighted by Crippen LogP contribution is 2.30. The first-order valence-electron chi connectivity index (χ1n) is 8.73. The Morgan fingerprint density at radius 1 is 1.17 bits per heavy atom. The summed E-state index contributed by atoms with van der Waals surface area (Å²) in [6.45, 7) is 3.59. The molecule has 4 nitrogen and oxygen atoms in total. The number of anilines is 2. The predicted octanol–water partition coefficient (Wildman–Crippen LogP) is 2.80. The monoisotopic (exact) mass is 321 g/mol. The summed E-state index contributed by atoms with van der Waals surface area (Å²) in [6, 6.07) is 16.8. The lowest BCUT2D eigenvalue weighted by Crippen LogP contribution is -2.26. The molecule has 2 heterocycles. The van der Waals surface area contributed by atoms with Gasteiger partial charge in [0.05, 0.1) is 5.92 Å².